The van der Waals surface area contributed by atoms with Crippen LogP contribution in [0.15, 0.2) is 41.3 Å². The molecular formula is C20H23NO8S. The topological polar surface area (TPSA) is 117 Å². The van der Waals surface area contributed by atoms with Gasteiger partial charge in [0.1, 0.15) is 0 Å². The van der Waals surface area contributed by atoms with Crippen molar-refractivity contribution in [2.24, 2.45) is 0 Å². The van der Waals surface area contributed by atoms with Gasteiger partial charge in [-0.3, -0.25) is 0 Å². The van der Waals surface area contributed by atoms with Gasteiger partial charge < -0.3 is 18.9 Å². The van der Waals surface area contributed by atoms with Crippen LogP contribution in [0.4, 0.5) is 0 Å². The standard InChI is InChI=1S/C20H23NO8S/c1-26-17-6-5-13(9-18(17)27-2)7-8-21-30(24,25)16-11-14(19(22)28-3)10-15(12-16)20(23)29-4/h5-6,9-12,21H,7-8H2,1-4H3. The molecule has 0 unspecified atom stereocenters. The number of sulfonamides is 1. The van der Waals surface area contributed by atoms with Gasteiger partial charge in [-0.05, 0) is 42.3 Å². The van der Waals surface area contributed by atoms with Gasteiger partial charge in [-0.1, -0.05) is 6.07 Å². The monoisotopic (exact) mass is 437 g/mol. The first-order valence-electron chi connectivity index (χ1n) is 8.78. The SMILES string of the molecule is COC(=O)c1cc(C(=O)OC)cc(S(=O)(=O)NCCc2ccc(OC)c(OC)c2)c1. The summed E-state index contributed by atoms with van der Waals surface area (Å²) in [6.07, 6.45) is 0.375. The van der Waals surface area contributed by atoms with Crippen LogP contribution in [-0.4, -0.2) is 55.3 Å². The van der Waals surface area contributed by atoms with Gasteiger partial charge >= 0.3 is 11.9 Å². The Kier molecular flexibility index (Phi) is 7.79. The van der Waals surface area contributed by atoms with Crippen LogP contribution in [0.2, 0.25) is 0 Å². The third-order valence-electron chi connectivity index (χ3n) is 4.21. The maximum atomic E-state index is 12.7. The van der Waals surface area contributed by atoms with Gasteiger partial charge in [0.2, 0.25) is 10.0 Å². The van der Waals surface area contributed by atoms with Gasteiger partial charge in [0.05, 0.1) is 44.5 Å². The largest absolute Gasteiger partial charge is 0.493 e. The Labute approximate surface area is 174 Å². The Hall–Kier alpha value is -3.11. The van der Waals surface area contributed by atoms with Crippen LogP contribution in [0, 0.1) is 0 Å². The highest BCUT2D eigenvalue weighted by atomic mass is 32.2. The average Bonchev–Trinajstić information content (AvgIpc) is 2.77. The number of hydrogen-bond donors (Lipinski definition) is 1. The molecule has 0 amide bonds. The van der Waals surface area contributed by atoms with Crippen molar-refractivity contribution in [2.45, 2.75) is 11.3 Å². The Morgan fingerprint density at radius 2 is 1.40 bits per heavy atom. The predicted octanol–water partition coefficient (Wildman–Crippen LogP) is 1.80. The first-order valence-corrected chi connectivity index (χ1v) is 10.3. The number of esters is 2. The van der Waals surface area contributed by atoms with Gasteiger partial charge in [0.25, 0.3) is 0 Å². The van der Waals surface area contributed by atoms with E-state index in [-0.39, 0.29) is 22.6 Å². The molecule has 0 heterocycles. The van der Waals surface area contributed by atoms with E-state index in [9.17, 15) is 18.0 Å². The minimum Gasteiger partial charge on any atom is -0.493 e. The molecule has 2 rings (SSSR count). The van der Waals surface area contributed by atoms with Crippen molar-refractivity contribution in [3.05, 3.63) is 53.1 Å². The summed E-state index contributed by atoms with van der Waals surface area (Å²) >= 11 is 0. The highest BCUT2D eigenvalue weighted by Crippen LogP contribution is 2.27. The molecule has 0 saturated carbocycles. The molecule has 2 aromatic rings. The number of carbonyl (C=O) groups is 2. The molecule has 0 aromatic heterocycles. The lowest BCUT2D eigenvalue weighted by Gasteiger charge is -2.11. The Balaban J connectivity index is 2.22. The lowest BCUT2D eigenvalue weighted by molar-refractivity contribution is 0.0598. The quantitative estimate of drug-likeness (QED) is 0.590. The predicted molar refractivity (Wildman–Crippen MR) is 108 cm³/mol. The van der Waals surface area contributed by atoms with E-state index in [1.165, 1.54) is 20.3 Å². The zero-order chi connectivity index (χ0) is 22.3. The zero-order valence-electron chi connectivity index (χ0n) is 17.1. The number of nitrogens with one attached hydrogen (secondary N) is 1. The Morgan fingerprint density at radius 3 is 1.90 bits per heavy atom. The van der Waals surface area contributed by atoms with Gasteiger partial charge in [-0.2, -0.15) is 0 Å². The van der Waals surface area contributed by atoms with Crippen molar-refractivity contribution < 1.29 is 37.0 Å². The van der Waals surface area contributed by atoms with Crippen molar-refractivity contribution >= 4 is 22.0 Å². The molecule has 0 fully saturated rings. The molecule has 0 spiro atoms. The van der Waals surface area contributed by atoms with Gasteiger partial charge in [-0.25, -0.2) is 22.7 Å². The number of methoxy groups -OCH3 is 4. The second-order valence-electron chi connectivity index (χ2n) is 6.07. The molecule has 10 heteroatoms. The molecule has 0 aliphatic rings. The van der Waals surface area contributed by atoms with Crippen molar-refractivity contribution in [1.82, 2.24) is 4.72 Å². The molecule has 9 nitrogen and oxygen atoms in total. The fourth-order valence-corrected chi connectivity index (χ4v) is 3.78. The molecule has 0 saturated heterocycles. The van der Waals surface area contributed by atoms with E-state index in [2.05, 4.69) is 14.2 Å². The zero-order valence-corrected chi connectivity index (χ0v) is 17.9. The van der Waals surface area contributed by atoms with Gasteiger partial charge in [0, 0.05) is 6.54 Å². The fourth-order valence-electron chi connectivity index (χ4n) is 2.67. The maximum absolute atomic E-state index is 12.7. The Morgan fingerprint density at radius 1 is 0.833 bits per heavy atom. The van der Waals surface area contributed by atoms with E-state index in [1.807, 2.05) is 0 Å². The van der Waals surface area contributed by atoms with Crippen LogP contribution >= 0.6 is 0 Å². The van der Waals surface area contributed by atoms with Crippen molar-refractivity contribution in [2.75, 3.05) is 35.0 Å². The van der Waals surface area contributed by atoms with Crippen LogP contribution in [0.5, 0.6) is 11.5 Å². The maximum Gasteiger partial charge on any atom is 0.337 e. The van der Waals surface area contributed by atoms with E-state index in [1.54, 1.807) is 18.2 Å². The molecule has 0 aliphatic carbocycles. The summed E-state index contributed by atoms with van der Waals surface area (Å²) in [6, 6.07) is 8.75. The molecule has 0 aliphatic heterocycles. The minimum absolute atomic E-state index is 0.0772. The molecule has 2 aromatic carbocycles. The number of carbonyl (C=O) groups excluding carboxylic acids is 2. The first kappa shape index (κ1) is 23.2. The fraction of sp³-hybridized carbons (Fsp3) is 0.300. The third-order valence-corrected chi connectivity index (χ3v) is 5.65. The molecule has 162 valence electrons. The highest BCUT2D eigenvalue weighted by Gasteiger charge is 2.21. The summed E-state index contributed by atoms with van der Waals surface area (Å²) in [5.74, 6) is -0.451. The van der Waals surface area contributed by atoms with E-state index >= 15 is 0 Å². The van der Waals surface area contributed by atoms with Crippen molar-refractivity contribution in [3.63, 3.8) is 0 Å². The van der Waals surface area contributed by atoms with Crippen LogP contribution in [0.25, 0.3) is 0 Å². The second-order valence-corrected chi connectivity index (χ2v) is 7.83. The number of rotatable bonds is 9. The highest BCUT2D eigenvalue weighted by molar-refractivity contribution is 7.89. The molecule has 0 atom stereocenters. The normalized spacial score (nSPS) is 10.9. The van der Waals surface area contributed by atoms with Crippen LogP contribution in [0.3, 0.4) is 0 Å². The van der Waals surface area contributed by atoms with Crippen LogP contribution in [-0.2, 0) is 25.9 Å². The molecule has 0 radical (unpaired) electrons. The summed E-state index contributed by atoms with van der Waals surface area (Å²) in [4.78, 5) is 23.5. The summed E-state index contributed by atoms with van der Waals surface area (Å²) in [5.41, 5.74) is 0.662. The van der Waals surface area contributed by atoms with Crippen LogP contribution in [0.1, 0.15) is 26.3 Å². The molecule has 1 N–H and O–H groups in total. The third kappa shape index (κ3) is 5.49. The van der Waals surface area contributed by atoms with Gasteiger partial charge in [0.15, 0.2) is 11.5 Å². The van der Waals surface area contributed by atoms with E-state index in [0.29, 0.717) is 17.9 Å². The number of ether oxygens (including phenoxy) is 4. The summed E-state index contributed by atoms with van der Waals surface area (Å²) in [6.45, 7) is 0.0772. The number of hydrogen-bond acceptors (Lipinski definition) is 8. The Bertz CT molecular complexity index is 999. The van der Waals surface area contributed by atoms with Crippen LogP contribution < -0.4 is 14.2 Å². The number of benzene rings is 2. The first-order chi connectivity index (χ1) is 14.2. The van der Waals surface area contributed by atoms with Crippen molar-refractivity contribution in [3.8, 4) is 11.5 Å². The summed E-state index contributed by atoms with van der Waals surface area (Å²) in [7, 11) is 1.34. The van der Waals surface area contributed by atoms with Crippen molar-refractivity contribution in [1.29, 1.82) is 0 Å². The summed E-state index contributed by atoms with van der Waals surface area (Å²) < 4.78 is 47.5. The molecular weight excluding hydrogens is 414 g/mol. The van der Waals surface area contributed by atoms with E-state index < -0.39 is 22.0 Å². The smallest absolute Gasteiger partial charge is 0.337 e. The summed E-state index contributed by atoms with van der Waals surface area (Å²) in [5, 5.41) is 0. The second kappa shape index (κ2) is 10.1. The minimum atomic E-state index is -4.01. The molecule has 30 heavy (non-hydrogen) atoms. The van der Waals surface area contributed by atoms with E-state index in [4.69, 9.17) is 9.47 Å². The molecule has 0 bridgehead atoms. The lowest BCUT2D eigenvalue weighted by atomic mass is 10.1. The average molecular weight is 437 g/mol. The van der Waals surface area contributed by atoms with Gasteiger partial charge in [-0.15, -0.1) is 0 Å². The van der Waals surface area contributed by atoms with E-state index in [0.717, 1.165) is 31.9 Å². The lowest BCUT2D eigenvalue weighted by Crippen LogP contribution is -2.26.